The van der Waals surface area contributed by atoms with Crippen molar-refractivity contribution in [3.05, 3.63) is 28.0 Å². The van der Waals surface area contributed by atoms with Crippen LogP contribution >= 0.6 is 15.9 Å². The van der Waals surface area contributed by atoms with E-state index in [1.54, 1.807) is 0 Å². The molecule has 0 aliphatic rings. The Labute approximate surface area is 123 Å². The number of hydrogen-bond donors (Lipinski definition) is 1. The second kappa shape index (κ2) is 5.88. The van der Waals surface area contributed by atoms with Crippen LogP contribution in [0, 0.1) is 5.82 Å². The highest BCUT2D eigenvalue weighted by atomic mass is 79.9. The zero-order chi connectivity index (χ0) is 15.7. The van der Waals surface area contributed by atoms with Crippen LogP contribution in [-0.2, 0) is 14.6 Å². The molecule has 0 aromatic heterocycles. The van der Waals surface area contributed by atoms with Crippen molar-refractivity contribution in [2.24, 2.45) is 0 Å². The van der Waals surface area contributed by atoms with Gasteiger partial charge < -0.3 is 10.0 Å². The van der Waals surface area contributed by atoms with E-state index in [1.165, 1.54) is 14.1 Å². The van der Waals surface area contributed by atoms with Crippen molar-refractivity contribution in [1.82, 2.24) is 4.90 Å². The molecule has 0 aliphatic carbocycles. The van der Waals surface area contributed by atoms with Crippen molar-refractivity contribution in [1.29, 1.82) is 0 Å². The zero-order valence-corrected chi connectivity index (χ0v) is 13.0. The molecule has 0 saturated heterocycles. The molecule has 1 aromatic rings. The van der Waals surface area contributed by atoms with Crippen molar-refractivity contribution in [3.8, 4) is 0 Å². The van der Waals surface area contributed by atoms with E-state index in [-0.39, 0.29) is 4.47 Å². The molecule has 0 atom stereocenters. The number of rotatable bonds is 4. The van der Waals surface area contributed by atoms with Crippen LogP contribution in [0.2, 0.25) is 0 Å². The molecule has 0 fully saturated rings. The molecule has 0 spiro atoms. The summed E-state index contributed by atoms with van der Waals surface area (Å²) >= 11 is 2.91. The van der Waals surface area contributed by atoms with Crippen molar-refractivity contribution in [2.75, 3.05) is 19.8 Å². The summed E-state index contributed by atoms with van der Waals surface area (Å²) in [7, 11) is -1.56. The minimum Gasteiger partial charge on any atom is -0.478 e. The predicted molar refractivity (Wildman–Crippen MR) is 71.8 cm³/mol. The van der Waals surface area contributed by atoms with Gasteiger partial charge in [0.25, 0.3) is 0 Å². The fourth-order valence-corrected chi connectivity index (χ4v) is 3.35. The van der Waals surface area contributed by atoms with Crippen molar-refractivity contribution < 1.29 is 27.5 Å². The molecule has 0 radical (unpaired) electrons. The van der Waals surface area contributed by atoms with Crippen LogP contribution < -0.4 is 0 Å². The Morgan fingerprint density at radius 1 is 1.35 bits per heavy atom. The smallest absolute Gasteiger partial charge is 0.338 e. The Kier molecular flexibility index (Phi) is 4.87. The number of benzene rings is 1. The molecular formula is C11H11BrFNO5S. The van der Waals surface area contributed by atoms with Crippen LogP contribution in [0.5, 0.6) is 0 Å². The highest BCUT2D eigenvalue weighted by Crippen LogP contribution is 2.25. The molecule has 1 rings (SSSR count). The van der Waals surface area contributed by atoms with Gasteiger partial charge in [-0.25, -0.2) is 17.6 Å². The number of carboxylic acid groups (broad SMARTS) is 1. The molecule has 20 heavy (non-hydrogen) atoms. The fraction of sp³-hybridized carbons (Fsp3) is 0.273. The van der Waals surface area contributed by atoms with Gasteiger partial charge in [-0.3, -0.25) is 4.79 Å². The van der Waals surface area contributed by atoms with Crippen molar-refractivity contribution in [2.45, 2.75) is 4.90 Å². The number of amides is 1. The number of nitrogens with zero attached hydrogens (tertiary/aromatic N) is 1. The number of carbonyl (C=O) groups excluding carboxylic acids is 1. The third-order valence-corrected chi connectivity index (χ3v) is 4.43. The summed E-state index contributed by atoms with van der Waals surface area (Å²) in [5.41, 5.74) is -0.782. The Hall–Kier alpha value is -1.48. The lowest BCUT2D eigenvalue weighted by atomic mass is 10.2. The molecule has 1 aromatic carbocycles. The first-order chi connectivity index (χ1) is 9.06. The number of carboxylic acids is 1. The molecule has 0 saturated carbocycles. The molecule has 1 amide bonds. The lowest BCUT2D eigenvalue weighted by Crippen LogP contribution is -2.29. The lowest BCUT2D eigenvalue weighted by Gasteiger charge is -2.12. The first-order valence-corrected chi connectivity index (χ1v) is 7.66. The number of sulfone groups is 1. The molecule has 0 unspecified atom stereocenters. The van der Waals surface area contributed by atoms with Gasteiger partial charge >= 0.3 is 5.97 Å². The Bertz CT molecular complexity index is 672. The molecule has 0 aliphatic heterocycles. The van der Waals surface area contributed by atoms with E-state index in [2.05, 4.69) is 15.9 Å². The monoisotopic (exact) mass is 367 g/mol. The zero-order valence-electron chi connectivity index (χ0n) is 10.6. The van der Waals surface area contributed by atoms with E-state index < -0.39 is 43.7 Å². The summed E-state index contributed by atoms with van der Waals surface area (Å²) in [4.78, 5) is 22.5. The highest BCUT2D eigenvalue weighted by molar-refractivity contribution is 9.10. The summed E-state index contributed by atoms with van der Waals surface area (Å²) in [5.74, 6) is -4.65. The van der Waals surface area contributed by atoms with E-state index in [1.807, 2.05) is 0 Å². The Morgan fingerprint density at radius 2 is 1.90 bits per heavy atom. The third kappa shape index (κ3) is 3.54. The second-order valence-electron chi connectivity index (χ2n) is 4.12. The minimum atomic E-state index is -4.27. The molecule has 6 nitrogen and oxygen atoms in total. The van der Waals surface area contributed by atoms with Gasteiger partial charge in [-0.1, -0.05) is 15.9 Å². The predicted octanol–water partition coefficient (Wildman–Crippen LogP) is 1.15. The van der Waals surface area contributed by atoms with Crippen LogP contribution in [0.4, 0.5) is 4.39 Å². The number of halogens is 2. The SMILES string of the molecule is CN(C)C(=O)CS(=O)(=O)c1cc(Br)cc(C(=O)O)c1F. The van der Waals surface area contributed by atoms with Gasteiger partial charge in [0.15, 0.2) is 15.7 Å². The van der Waals surface area contributed by atoms with Crippen LogP contribution in [0.1, 0.15) is 10.4 Å². The summed E-state index contributed by atoms with van der Waals surface area (Å²) in [6, 6.07) is 1.88. The molecular weight excluding hydrogens is 357 g/mol. The quantitative estimate of drug-likeness (QED) is 0.861. The summed E-state index contributed by atoms with van der Waals surface area (Å²) in [6.45, 7) is 0. The Morgan fingerprint density at radius 3 is 2.35 bits per heavy atom. The van der Waals surface area contributed by atoms with E-state index >= 15 is 0 Å². The van der Waals surface area contributed by atoms with Crippen molar-refractivity contribution in [3.63, 3.8) is 0 Å². The second-order valence-corrected chi connectivity index (χ2v) is 6.99. The van der Waals surface area contributed by atoms with Gasteiger partial charge in [0.05, 0.1) is 5.56 Å². The van der Waals surface area contributed by atoms with E-state index in [0.29, 0.717) is 0 Å². The molecule has 1 N–H and O–H groups in total. The topological polar surface area (TPSA) is 91.8 Å². The van der Waals surface area contributed by atoms with Gasteiger partial charge in [0.2, 0.25) is 5.91 Å². The van der Waals surface area contributed by atoms with E-state index in [4.69, 9.17) is 5.11 Å². The highest BCUT2D eigenvalue weighted by Gasteiger charge is 2.27. The minimum absolute atomic E-state index is 0.0900. The number of aromatic carboxylic acids is 1. The van der Waals surface area contributed by atoms with Crippen LogP contribution in [0.3, 0.4) is 0 Å². The maximum atomic E-state index is 13.9. The summed E-state index contributed by atoms with van der Waals surface area (Å²) in [5, 5.41) is 8.82. The average Bonchev–Trinajstić information content (AvgIpc) is 2.30. The fourth-order valence-electron chi connectivity index (χ4n) is 1.32. The molecule has 0 heterocycles. The van der Waals surface area contributed by atoms with Gasteiger partial charge in [-0.2, -0.15) is 0 Å². The first-order valence-electron chi connectivity index (χ1n) is 5.21. The average molecular weight is 368 g/mol. The van der Waals surface area contributed by atoms with Gasteiger partial charge in [-0.15, -0.1) is 0 Å². The van der Waals surface area contributed by atoms with Gasteiger partial charge in [0.1, 0.15) is 10.6 Å². The molecule has 110 valence electrons. The van der Waals surface area contributed by atoms with Crippen LogP contribution in [0.25, 0.3) is 0 Å². The third-order valence-electron chi connectivity index (χ3n) is 2.38. The summed E-state index contributed by atoms with van der Waals surface area (Å²) in [6.07, 6.45) is 0. The Balaban J connectivity index is 3.39. The normalized spacial score (nSPS) is 11.2. The molecule has 9 heteroatoms. The lowest BCUT2D eigenvalue weighted by molar-refractivity contribution is -0.125. The molecule has 0 bridgehead atoms. The standard InChI is InChI=1S/C11H11BrFNO5S/c1-14(2)9(15)5-20(18,19)8-4-6(12)3-7(10(8)13)11(16)17/h3-4H,5H2,1-2H3,(H,16,17). The summed E-state index contributed by atoms with van der Waals surface area (Å²) < 4.78 is 38.0. The maximum absolute atomic E-state index is 13.9. The van der Waals surface area contributed by atoms with Gasteiger partial charge in [-0.05, 0) is 12.1 Å². The number of carbonyl (C=O) groups is 2. The number of hydrogen-bond acceptors (Lipinski definition) is 4. The van der Waals surface area contributed by atoms with Crippen LogP contribution in [-0.4, -0.2) is 50.1 Å². The van der Waals surface area contributed by atoms with E-state index in [9.17, 15) is 22.4 Å². The van der Waals surface area contributed by atoms with Gasteiger partial charge in [0, 0.05) is 18.6 Å². The first kappa shape index (κ1) is 16.6. The van der Waals surface area contributed by atoms with Crippen molar-refractivity contribution >= 4 is 37.6 Å². The van der Waals surface area contributed by atoms with Crippen LogP contribution in [0.15, 0.2) is 21.5 Å². The van der Waals surface area contributed by atoms with E-state index in [0.717, 1.165) is 17.0 Å². The maximum Gasteiger partial charge on any atom is 0.338 e. The largest absolute Gasteiger partial charge is 0.478 e.